The van der Waals surface area contributed by atoms with Crippen LogP contribution in [0.2, 0.25) is 0 Å². The highest BCUT2D eigenvalue weighted by Gasteiger charge is 2.52. The van der Waals surface area contributed by atoms with E-state index >= 15 is 4.39 Å². The number of halogens is 2. The quantitative estimate of drug-likeness (QED) is 0.169. The Labute approximate surface area is 319 Å². The Balaban J connectivity index is 1.20. The molecular formula is C42H49F2N5O6. The van der Waals surface area contributed by atoms with Crippen LogP contribution in [-0.2, 0) is 15.9 Å². The standard InChI is InChI=1S/C42H49F2N5O6/c1-6-24-9-7-10-25-15-28(54-23-51-5)16-29(34(24)25)30-17-33-35-37(36(30)44)45-39(53-22-42-13-8-14-47(42)19-26(43)18-42)46-38(35)48-20-27-11-12-31(32(48)21-52-33)49(27)40(50)55-41(2,3)4/h7,9-10,15-17,26-27,31-32H,6,8,11-14,18-23H2,1-5H3/t26-,27+,31-,32+,42+/m0/s1. The lowest BCUT2D eigenvalue weighted by molar-refractivity contribution is 0.00544. The first kappa shape index (κ1) is 36.2. The van der Waals surface area contributed by atoms with Gasteiger partial charge in [-0.25, -0.2) is 13.6 Å². The van der Waals surface area contributed by atoms with E-state index in [9.17, 15) is 9.18 Å². The minimum atomic E-state index is -0.922. The van der Waals surface area contributed by atoms with Gasteiger partial charge in [-0.05, 0) is 99.5 Å². The van der Waals surface area contributed by atoms with Gasteiger partial charge >= 0.3 is 12.1 Å². The first-order valence-corrected chi connectivity index (χ1v) is 19.6. The zero-order valence-corrected chi connectivity index (χ0v) is 32.2. The molecule has 13 heteroatoms. The third kappa shape index (κ3) is 6.18. The number of benzene rings is 3. The Morgan fingerprint density at radius 1 is 1.05 bits per heavy atom. The van der Waals surface area contributed by atoms with Gasteiger partial charge in [-0.2, -0.15) is 9.97 Å². The van der Waals surface area contributed by atoms with Crippen molar-refractivity contribution in [3.8, 4) is 28.6 Å². The van der Waals surface area contributed by atoms with Crippen LogP contribution in [0, 0.1) is 5.82 Å². The molecule has 5 atom stereocenters. The Bertz CT molecular complexity index is 2160. The topological polar surface area (TPSA) is 98.7 Å². The van der Waals surface area contributed by atoms with E-state index < -0.39 is 23.1 Å². The maximum atomic E-state index is 17.6. The summed E-state index contributed by atoms with van der Waals surface area (Å²) in [5.41, 5.74) is 0.992. The summed E-state index contributed by atoms with van der Waals surface area (Å²) < 4.78 is 62.6. The fraction of sp³-hybridized carbons (Fsp3) is 0.548. The fourth-order valence-electron chi connectivity index (χ4n) is 9.89. The van der Waals surface area contributed by atoms with E-state index in [4.69, 9.17) is 33.7 Å². The molecule has 1 aromatic heterocycles. The van der Waals surface area contributed by atoms with E-state index in [-0.39, 0.29) is 55.8 Å². The van der Waals surface area contributed by atoms with Gasteiger partial charge in [-0.15, -0.1) is 0 Å². The van der Waals surface area contributed by atoms with Crippen LogP contribution in [0.5, 0.6) is 17.5 Å². The van der Waals surface area contributed by atoms with Crippen molar-refractivity contribution in [1.82, 2.24) is 19.8 Å². The number of aromatic nitrogens is 2. The molecule has 0 unspecified atom stereocenters. The molecule has 11 nitrogen and oxygen atoms in total. The number of alkyl halides is 1. The van der Waals surface area contributed by atoms with Gasteiger partial charge in [0.1, 0.15) is 47.8 Å². The Hall–Kier alpha value is -4.49. The van der Waals surface area contributed by atoms with Crippen molar-refractivity contribution in [1.29, 1.82) is 0 Å². The number of rotatable bonds is 8. The van der Waals surface area contributed by atoms with E-state index in [1.54, 1.807) is 13.2 Å². The first-order valence-electron chi connectivity index (χ1n) is 19.6. The molecule has 6 heterocycles. The Morgan fingerprint density at radius 3 is 2.71 bits per heavy atom. The van der Waals surface area contributed by atoms with Crippen molar-refractivity contribution in [3.63, 3.8) is 0 Å². The van der Waals surface area contributed by atoms with Gasteiger partial charge in [-0.3, -0.25) is 9.80 Å². The summed E-state index contributed by atoms with van der Waals surface area (Å²) in [4.78, 5) is 29.7. The SMILES string of the molecule is CCc1cccc2cc(OCOC)cc(-c3cc4c5c(nc(OC[C@]67CCCN6C[C@@H](F)C7)nc5c3F)N3C[C@H]5CC[C@@H]([C@H]3CO4)N5C(=O)OC(C)(C)C)c12. The molecule has 55 heavy (non-hydrogen) atoms. The zero-order chi connectivity index (χ0) is 38.2. The zero-order valence-electron chi connectivity index (χ0n) is 32.2. The lowest BCUT2D eigenvalue weighted by Gasteiger charge is -2.46. The minimum absolute atomic E-state index is 0.0338. The predicted octanol–water partition coefficient (Wildman–Crippen LogP) is 7.44. The summed E-state index contributed by atoms with van der Waals surface area (Å²) in [6.07, 6.45) is 3.20. The van der Waals surface area contributed by atoms with Crippen LogP contribution in [0.4, 0.5) is 19.4 Å². The molecule has 292 valence electrons. The maximum Gasteiger partial charge on any atom is 0.410 e. The summed E-state index contributed by atoms with van der Waals surface area (Å²) in [6.45, 7) is 9.83. The number of piperazine rings is 1. The summed E-state index contributed by atoms with van der Waals surface area (Å²) in [6, 6.07) is 11.0. The summed E-state index contributed by atoms with van der Waals surface area (Å²) in [5, 5.41) is 2.27. The van der Waals surface area contributed by atoms with Crippen molar-refractivity contribution < 1.29 is 37.3 Å². The smallest absolute Gasteiger partial charge is 0.410 e. The molecule has 4 fully saturated rings. The third-order valence-corrected chi connectivity index (χ3v) is 12.2. The van der Waals surface area contributed by atoms with Gasteiger partial charge in [0, 0.05) is 32.2 Å². The third-order valence-electron chi connectivity index (χ3n) is 12.2. The molecule has 0 aliphatic carbocycles. The Kier molecular flexibility index (Phi) is 8.95. The van der Waals surface area contributed by atoms with Crippen molar-refractivity contribution in [2.75, 3.05) is 51.7 Å². The largest absolute Gasteiger partial charge is 0.490 e. The molecule has 0 radical (unpaired) electrons. The number of aryl methyl sites for hydroxylation is 1. The highest BCUT2D eigenvalue weighted by Crippen LogP contribution is 2.48. The average molecular weight is 758 g/mol. The van der Waals surface area contributed by atoms with Gasteiger partial charge in [0.05, 0.1) is 29.1 Å². The van der Waals surface area contributed by atoms with Crippen LogP contribution < -0.4 is 19.1 Å². The van der Waals surface area contributed by atoms with E-state index in [2.05, 4.69) is 22.8 Å². The number of anilines is 1. The maximum absolute atomic E-state index is 17.6. The number of nitrogens with zero attached hydrogens (tertiary/aromatic N) is 5. The van der Waals surface area contributed by atoms with E-state index in [0.717, 1.165) is 55.0 Å². The molecule has 9 rings (SSSR count). The molecule has 0 saturated carbocycles. The normalized spacial score (nSPS) is 25.9. The molecule has 5 aliphatic rings. The van der Waals surface area contributed by atoms with Crippen molar-refractivity contribution in [3.05, 3.63) is 47.8 Å². The predicted molar refractivity (Wildman–Crippen MR) is 204 cm³/mol. The van der Waals surface area contributed by atoms with E-state index in [1.807, 2.05) is 49.9 Å². The van der Waals surface area contributed by atoms with Crippen molar-refractivity contribution in [2.24, 2.45) is 0 Å². The molecule has 4 aromatic rings. The van der Waals surface area contributed by atoms with Crippen LogP contribution in [0.25, 0.3) is 32.8 Å². The molecular weight excluding hydrogens is 708 g/mol. The number of ether oxygens (including phenoxy) is 5. The monoisotopic (exact) mass is 757 g/mol. The number of hydrogen-bond acceptors (Lipinski definition) is 10. The van der Waals surface area contributed by atoms with Crippen molar-refractivity contribution in [2.45, 2.75) is 102 Å². The van der Waals surface area contributed by atoms with E-state index in [0.29, 0.717) is 53.3 Å². The summed E-state index contributed by atoms with van der Waals surface area (Å²) >= 11 is 0. The van der Waals surface area contributed by atoms with Gasteiger partial charge in [0.2, 0.25) is 0 Å². The van der Waals surface area contributed by atoms with E-state index in [1.165, 1.54) is 0 Å². The second kappa shape index (κ2) is 13.6. The lowest BCUT2D eigenvalue weighted by atomic mass is 9.92. The number of carbonyl (C=O) groups is 1. The number of hydrogen-bond donors (Lipinski definition) is 0. The average Bonchev–Trinajstić information content (AvgIpc) is 3.76. The molecule has 0 N–H and O–H groups in total. The highest BCUT2D eigenvalue weighted by molar-refractivity contribution is 6.05. The first-order chi connectivity index (χ1) is 26.5. The summed E-state index contributed by atoms with van der Waals surface area (Å²) in [5.74, 6) is 0.959. The van der Waals surface area contributed by atoms with Gasteiger partial charge in [-0.1, -0.05) is 25.1 Å². The fourth-order valence-corrected chi connectivity index (χ4v) is 9.89. The molecule has 5 aliphatic heterocycles. The number of fused-ring (bicyclic) bond motifs is 7. The Morgan fingerprint density at radius 2 is 1.91 bits per heavy atom. The molecule has 0 spiro atoms. The molecule has 1 amide bonds. The lowest BCUT2D eigenvalue weighted by Crippen LogP contribution is -2.63. The van der Waals surface area contributed by atoms with Crippen LogP contribution in [-0.4, -0.2) is 108 Å². The number of carbonyl (C=O) groups excluding carboxylic acids is 1. The number of amides is 1. The van der Waals surface area contributed by atoms with Crippen LogP contribution in [0.3, 0.4) is 0 Å². The summed E-state index contributed by atoms with van der Waals surface area (Å²) in [7, 11) is 1.56. The minimum Gasteiger partial charge on any atom is -0.490 e. The molecule has 2 bridgehead atoms. The number of methoxy groups -OCH3 is 1. The second-order valence-electron chi connectivity index (χ2n) is 16.8. The molecule has 3 aromatic carbocycles. The second-order valence-corrected chi connectivity index (χ2v) is 16.8. The van der Waals surface area contributed by atoms with Crippen LogP contribution in [0.15, 0.2) is 36.4 Å². The van der Waals surface area contributed by atoms with Crippen molar-refractivity contribution >= 4 is 33.6 Å². The van der Waals surface area contributed by atoms with Gasteiger partial charge in [0.15, 0.2) is 12.6 Å². The van der Waals surface area contributed by atoms with Gasteiger partial charge < -0.3 is 28.6 Å². The van der Waals surface area contributed by atoms with Crippen LogP contribution in [0.1, 0.15) is 65.4 Å². The van der Waals surface area contributed by atoms with Gasteiger partial charge in [0.25, 0.3) is 0 Å². The van der Waals surface area contributed by atoms with Crippen LogP contribution >= 0.6 is 0 Å². The molecule has 4 saturated heterocycles. The highest BCUT2D eigenvalue weighted by atomic mass is 19.1.